The molecule has 1 rings (SSSR count). The Morgan fingerprint density at radius 1 is 1.26 bits per heavy atom. The molecule has 1 fully saturated rings. The van der Waals surface area contributed by atoms with Crippen LogP contribution in [0.5, 0.6) is 0 Å². The zero-order chi connectivity index (χ0) is 14.4. The average Bonchev–Trinajstić information content (AvgIpc) is 2.35. The van der Waals surface area contributed by atoms with Crippen LogP contribution in [0.1, 0.15) is 64.7 Å². The first-order valence-corrected chi connectivity index (χ1v) is 8.82. The van der Waals surface area contributed by atoms with Crippen LogP contribution in [0.15, 0.2) is 0 Å². The Bertz CT molecular complexity index is 407. The van der Waals surface area contributed by atoms with Gasteiger partial charge in [-0.15, -0.1) is 0 Å². The third-order valence-electron chi connectivity index (χ3n) is 4.11. The minimum atomic E-state index is -3.86. The van der Waals surface area contributed by atoms with Crippen molar-refractivity contribution < 1.29 is 13.0 Å². The summed E-state index contributed by atoms with van der Waals surface area (Å²) >= 11 is 0. The molecule has 0 aromatic carbocycles. The summed E-state index contributed by atoms with van der Waals surface area (Å²) in [5.74, 6) is 0.456. The molecule has 1 aliphatic carbocycles. The third-order valence-corrected chi connectivity index (χ3v) is 4.92. The molecular weight excluding hydrogens is 262 g/mol. The molecule has 0 aliphatic heterocycles. The van der Waals surface area contributed by atoms with Gasteiger partial charge in [-0.05, 0) is 32.1 Å². The van der Waals surface area contributed by atoms with E-state index >= 15 is 0 Å². The van der Waals surface area contributed by atoms with Crippen LogP contribution in [0.4, 0.5) is 0 Å². The SMILES string of the molecule is CC(C#N)(CCCCS(=O)(=O)O)CC1CCCCC1. The van der Waals surface area contributed by atoms with E-state index in [1.165, 1.54) is 32.1 Å². The molecule has 1 atom stereocenters. The van der Waals surface area contributed by atoms with E-state index < -0.39 is 10.1 Å². The first kappa shape index (κ1) is 16.5. The van der Waals surface area contributed by atoms with Crippen molar-refractivity contribution in [3.8, 4) is 6.07 Å². The molecule has 0 heterocycles. The fourth-order valence-corrected chi connectivity index (χ4v) is 3.60. The van der Waals surface area contributed by atoms with Crippen LogP contribution < -0.4 is 0 Å². The van der Waals surface area contributed by atoms with Crippen LogP contribution in [0.3, 0.4) is 0 Å². The lowest BCUT2D eigenvalue weighted by atomic mass is 9.74. The van der Waals surface area contributed by atoms with E-state index in [9.17, 15) is 13.7 Å². The maximum atomic E-state index is 10.6. The number of nitrogens with zero attached hydrogens (tertiary/aromatic N) is 1. The normalized spacial score (nSPS) is 20.7. The van der Waals surface area contributed by atoms with Crippen LogP contribution in [0.25, 0.3) is 0 Å². The summed E-state index contributed by atoms with van der Waals surface area (Å²) in [6.45, 7) is 1.98. The molecule has 5 heteroatoms. The molecule has 19 heavy (non-hydrogen) atoms. The van der Waals surface area contributed by atoms with Crippen molar-refractivity contribution in [3.63, 3.8) is 0 Å². The van der Waals surface area contributed by atoms with Crippen molar-refractivity contribution in [3.05, 3.63) is 0 Å². The minimum Gasteiger partial charge on any atom is -0.286 e. The van der Waals surface area contributed by atoms with Crippen LogP contribution in [-0.2, 0) is 10.1 Å². The van der Waals surface area contributed by atoms with Gasteiger partial charge in [-0.3, -0.25) is 4.55 Å². The zero-order valence-corrected chi connectivity index (χ0v) is 12.6. The Labute approximate surface area is 116 Å². The van der Waals surface area contributed by atoms with Gasteiger partial charge in [-0.1, -0.05) is 38.5 Å². The fourth-order valence-electron chi connectivity index (χ4n) is 3.03. The summed E-state index contributed by atoms with van der Waals surface area (Å²) in [7, 11) is -3.86. The smallest absolute Gasteiger partial charge is 0.264 e. The first-order valence-electron chi connectivity index (χ1n) is 7.21. The summed E-state index contributed by atoms with van der Waals surface area (Å²) in [6, 6.07) is 2.41. The van der Waals surface area contributed by atoms with E-state index in [2.05, 4.69) is 6.07 Å². The second kappa shape index (κ2) is 7.25. The van der Waals surface area contributed by atoms with Crippen LogP contribution >= 0.6 is 0 Å². The fraction of sp³-hybridized carbons (Fsp3) is 0.929. The lowest BCUT2D eigenvalue weighted by Gasteiger charge is -2.29. The molecule has 0 radical (unpaired) electrons. The maximum absolute atomic E-state index is 10.6. The van der Waals surface area contributed by atoms with E-state index in [4.69, 9.17) is 4.55 Å². The van der Waals surface area contributed by atoms with Crippen molar-refractivity contribution in [1.82, 2.24) is 0 Å². The molecule has 110 valence electrons. The van der Waals surface area contributed by atoms with Gasteiger partial charge in [0.1, 0.15) is 0 Å². The maximum Gasteiger partial charge on any atom is 0.264 e. The van der Waals surface area contributed by atoms with Gasteiger partial charge in [-0.25, -0.2) is 0 Å². The van der Waals surface area contributed by atoms with Gasteiger partial charge in [0.2, 0.25) is 0 Å². The lowest BCUT2D eigenvalue weighted by molar-refractivity contribution is 0.239. The third kappa shape index (κ3) is 6.93. The number of nitriles is 1. The molecule has 0 aromatic rings. The molecular formula is C14H25NO3S. The minimum absolute atomic E-state index is 0.196. The lowest BCUT2D eigenvalue weighted by Crippen LogP contribution is -2.21. The van der Waals surface area contributed by atoms with Gasteiger partial charge < -0.3 is 0 Å². The average molecular weight is 287 g/mol. The molecule has 0 aromatic heterocycles. The van der Waals surface area contributed by atoms with Crippen LogP contribution in [0, 0.1) is 22.7 Å². The highest BCUT2D eigenvalue weighted by Gasteiger charge is 2.28. The summed E-state index contributed by atoms with van der Waals surface area (Å²) in [5, 5.41) is 9.36. The van der Waals surface area contributed by atoms with Gasteiger partial charge in [0.15, 0.2) is 0 Å². The van der Waals surface area contributed by atoms with Crippen LogP contribution in [0.2, 0.25) is 0 Å². The topological polar surface area (TPSA) is 78.2 Å². The standard InChI is InChI=1S/C14H25NO3S/c1-14(12-15,9-5-6-10-19(16,17)18)11-13-7-3-2-4-8-13/h13H,2-11H2,1H3,(H,16,17,18). The van der Waals surface area contributed by atoms with Crippen molar-refractivity contribution in [2.75, 3.05) is 5.75 Å². The van der Waals surface area contributed by atoms with Gasteiger partial charge in [0.25, 0.3) is 10.1 Å². The number of hydrogen-bond acceptors (Lipinski definition) is 3. The predicted octanol–water partition coefficient (Wildman–Crippen LogP) is 3.54. The molecule has 1 aliphatic rings. The van der Waals surface area contributed by atoms with Crippen molar-refractivity contribution in [2.45, 2.75) is 64.7 Å². The van der Waals surface area contributed by atoms with Crippen molar-refractivity contribution >= 4 is 10.1 Å². The molecule has 1 unspecified atom stereocenters. The molecule has 0 saturated heterocycles. The second-order valence-corrected chi connectivity index (χ2v) is 7.70. The highest BCUT2D eigenvalue weighted by Crippen LogP contribution is 2.37. The van der Waals surface area contributed by atoms with Gasteiger partial charge in [0, 0.05) is 0 Å². The second-order valence-electron chi connectivity index (χ2n) is 6.12. The molecule has 1 saturated carbocycles. The first-order chi connectivity index (χ1) is 8.85. The van der Waals surface area contributed by atoms with Crippen molar-refractivity contribution in [1.29, 1.82) is 5.26 Å². The molecule has 4 nitrogen and oxygen atoms in total. The monoisotopic (exact) mass is 287 g/mol. The van der Waals surface area contributed by atoms with E-state index in [0.717, 1.165) is 12.8 Å². The highest BCUT2D eigenvalue weighted by atomic mass is 32.2. The molecule has 1 N–H and O–H groups in total. The zero-order valence-electron chi connectivity index (χ0n) is 11.8. The largest absolute Gasteiger partial charge is 0.286 e. The van der Waals surface area contributed by atoms with Gasteiger partial charge in [0.05, 0.1) is 17.2 Å². The van der Waals surface area contributed by atoms with E-state index in [1.807, 2.05) is 6.92 Å². The summed E-state index contributed by atoms with van der Waals surface area (Å²) < 4.78 is 29.9. The summed E-state index contributed by atoms with van der Waals surface area (Å²) in [6.07, 6.45) is 9.06. The Balaban J connectivity index is 2.35. The Morgan fingerprint density at radius 2 is 1.89 bits per heavy atom. The van der Waals surface area contributed by atoms with Gasteiger partial charge in [-0.2, -0.15) is 13.7 Å². The van der Waals surface area contributed by atoms with E-state index in [-0.39, 0.29) is 11.2 Å². The highest BCUT2D eigenvalue weighted by molar-refractivity contribution is 7.85. The number of unbranched alkanes of at least 4 members (excludes halogenated alkanes) is 1. The van der Waals surface area contributed by atoms with Gasteiger partial charge >= 0.3 is 0 Å². The molecule has 0 spiro atoms. The number of rotatable bonds is 7. The van der Waals surface area contributed by atoms with Crippen LogP contribution in [-0.4, -0.2) is 18.7 Å². The molecule has 0 bridgehead atoms. The Morgan fingerprint density at radius 3 is 2.42 bits per heavy atom. The summed E-state index contributed by atoms with van der Waals surface area (Å²) in [5.41, 5.74) is -0.346. The summed E-state index contributed by atoms with van der Waals surface area (Å²) in [4.78, 5) is 0. The predicted molar refractivity (Wildman–Crippen MR) is 75.2 cm³/mol. The van der Waals surface area contributed by atoms with Crippen molar-refractivity contribution in [2.24, 2.45) is 11.3 Å². The Kier molecular flexibility index (Phi) is 6.28. The Hall–Kier alpha value is -0.600. The van der Waals surface area contributed by atoms with E-state index in [1.54, 1.807) is 0 Å². The number of hydrogen-bond donors (Lipinski definition) is 1. The molecule has 0 amide bonds. The quantitative estimate of drug-likeness (QED) is 0.573. The van der Waals surface area contributed by atoms with E-state index in [0.29, 0.717) is 18.8 Å².